The molecule has 1 aliphatic rings. The van der Waals surface area contributed by atoms with Crippen LogP contribution in [0.25, 0.3) is 11.0 Å². The quantitative estimate of drug-likeness (QED) is 0.454. The van der Waals surface area contributed by atoms with E-state index in [0.29, 0.717) is 30.9 Å². The maximum absolute atomic E-state index is 13.1. The Morgan fingerprint density at radius 2 is 1.97 bits per heavy atom. The van der Waals surface area contributed by atoms with Crippen molar-refractivity contribution in [2.24, 2.45) is 0 Å². The summed E-state index contributed by atoms with van der Waals surface area (Å²) in [6, 6.07) is 16.7. The van der Waals surface area contributed by atoms with Gasteiger partial charge in [0, 0.05) is 25.6 Å². The lowest BCUT2D eigenvalue weighted by Crippen LogP contribution is -2.31. The smallest absolute Gasteiger partial charge is 0.275 e. The Balaban J connectivity index is 1.25. The van der Waals surface area contributed by atoms with Gasteiger partial charge in [0.2, 0.25) is 5.91 Å². The Morgan fingerprint density at radius 1 is 1.09 bits per heavy atom. The lowest BCUT2D eigenvalue weighted by molar-refractivity contribution is -0.132. The summed E-state index contributed by atoms with van der Waals surface area (Å²) in [4.78, 5) is 44.3. The third-order valence-corrected chi connectivity index (χ3v) is 6.08. The van der Waals surface area contributed by atoms with E-state index in [9.17, 15) is 9.59 Å². The molecule has 1 saturated heterocycles. The number of para-hydroxylation sites is 2. The number of amides is 2. The number of likely N-dealkylation sites (tertiary alicyclic amines) is 1. The summed E-state index contributed by atoms with van der Waals surface area (Å²) >= 11 is 0. The second-order valence-electron chi connectivity index (χ2n) is 8.57. The molecule has 0 aliphatic carbocycles. The van der Waals surface area contributed by atoms with Crippen LogP contribution in [0.5, 0.6) is 0 Å². The van der Waals surface area contributed by atoms with E-state index >= 15 is 0 Å². The van der Waals surface area contributed by atoms with Gasteiger partial charge in [-0.15, -0.1) is 0 Å². The lowest BCUT2D eigenvalue weighted by atomic mass is 10.1. The third-order valence-electron chi connectivity index (χ3n) is 6.08. The second-order valence-corrected chi connectivity index (χ2v) is 8.57. The predicted molar refractivity (Wildman–Crippen MR) is 129 cm³/mol. The summed E-state index contributed by atoms with van der Waals surface area (Å²) in [5, 5.41) is 2.78. The van der Waals surface area contributed by atoms with E-state index in [0.717, 1.165) is 41.0 Å². The zero-order valence-electron chi connectivity index (χ0n) is 19.0. The second kappa shape index (κ2) is 9.43. The van der Waals surface area contributed by atoms with E-state index in [1.165, 1.54) is 0 Å². The molecular formula is C26H26N6O2. The summed E-state index contributed by atoms with van der Waals surface area (Å²) in [6.07, 6.45) is 4.36. The van der Waals surface area contributed by atoms with Crippen molar-refractivity contribution in [3.8, 4) is 0 Å². The van der Waals surface area contributed by atoms with Crippen LogP contribution in [-0.2, 0) is 11.2 Å². The first-order chi connectivity index (χ1) is 16.6. The summed E-state index contributed by atoms with van der Waals surface area (Å²) in [6.45, 7) is 2.63. The van der Waals surface area contributed by atoms with Crippen LogP contribution in [-0.4, -0.2) is 43.2 Å². The number of H-pyrrole nitrogens is 1. The van der Waals surface area contributed by atoms with Gasteiger partial charge in [-0.2, -0.15) is 0 Å². The highest BCUT2D eigenvalue weighted by atomic mass is 16.2. The van der Waals surface area contributed by atoms with Crippen molar-refractivity contribution < 1.29 is 9.59 Å². The molecule has 0 bridgehead atoms. The first-order valence-corrected chi connectivity index (χ1v) is 11.5. The number of nitrogens with one attached hydrogen (secondary N) is 2. The number of fused-ring (bicyclic) bond motifs is 1. The van der Waals surface area contributed by atoms with Gasteiger partial charge in [0.25, 0.3) is 5.91 Å². The minimum absolute atomic E-state index is 0.0727. The van der Waals surface area contributed by atoms with Crippen molar-refractivity contribution in [3.05, 3.63) is 83.6 Å². The van der Waals surface area contributed by atoms with Crippen molar-refractivity contribution in [3.63, 3.8) is 0 Å². The van der Waals surface area contributed by atoms with Gasteiger partial charge in [0.05, 0.1) is 22.8 Å². The molecule has 1 fully saturated rings. The van der Waals surface area contributed by atoms with E-state index in [4.69, 9.17) is 0 Å². The van der Waals surface area contributed by atoms with Crippen molar-refractivity contribution in [1.82, 2.24) is 24.8 Å². The van der Waals surface area contributed by atoms with Crippen molar-refractivity contribution in [2.75, 3.05) is 11.9 Å². The third kappa shape index (κ3) is 4.66. The van der Waals surface area contributed by atoms with E-state index in [2.05, 4.69) is 25.3 Å². The Labute approximate surface area is 197 Å². The number of carbonyl (C=O) groups excluding carboxylic acids is 2. The number of anilines is 1. The average Bonchev–Trinajstić information content (AvgIpc) is 3.51. The van der Waals surface area contributed by atoms with E-state index in [1.54, 1.807) is 18.3 Å². The number of imidazole rings is 1. The largest absolute Gasteiger partial charge is 0.342 e. The Bertz CT molecular complexity index is 1300. The van der Waals surface area contributed by atoms with Crippen molar-refractivity contribution in [1.29, 1.82) is 0 Å². The Hall–Kier alpha value is -4.07. The molecule has 1 aromatic carbocycles. The van der Waals surface area contributed by atoms with Crippen LogP contribution in [0.1, 0.15) is 52.9 Å². The molecule has 4 heterocycles. The van der Waals surface area contributed by atoms with E-state index in [1.807, 2.05) is 54.3 Å². The predicted octanol–water partition coefficient (Wildman–Crippen LogP) is 4.21. The van der Waals surface area contributed by atoms with Crippen LogP contribution in [0, 0.1) is 6.92 Å². The first kappa shape index (κ1) is 21.8. The number of hydrogen-bond acceptors (Lipinski definition) is 5. The number of benzene rings is 1. The topological polar surface area (TPSA) is 104 Å². The standard InChI is InChI=1S/C26H26N6O2/c1-17-11-12-23(27-16-17)31-26(34)21-9-4-8-20(28-21)22-10-5-15-32(22)25(33)14-13-24-29-18-6-2-3-7-19(18)30-24/h2-4,6-9,11-12,16,22H,5,10,13-15H2,1H3,(H,29,30)(H,27,31,34)/t22-/m1/s1. The molecular weight excluding hydrogens is 428 g/mol. The Kier molecular flexibility index (Phi) is 6.03. The van der Waals surface area contributed by atoms with Gasteiger partial charge in [-0.05, 0) is 55.7 Å². The van der Waals surface area contributed by atoms with E-state index in [-0.39, 0.29) is 17.9 Å². The average molecular weight is 455 g/mol. The number of aryl methyl sites for hydroxylation is 2. The number of rotatable bonds is 6. The summed E-state index contributed by atoms with van der Waals surface area (Å²) < 4.78 is 0. The van der Waals surface area contributed by atoms with E-state index < -0.39 is 0 Å². The van der Waals surface area contributed by atoms with Gasteiger partial charge >= 0.3 is 0 Å². The van der Waals surface area contributed by atoms with Crippen molar-refractivity contribution >= 4 is 28.7 Å². The molecule has 2 amide bonds. The molecule has 34 heavy (non-hydrogen) atoms. The van der Waals surface area contributed by atoms with Crippen LogP contribution in [0.15, 0.2) is 60.8 Å². The van der Waals surface area contributed by atoms with Crippen LogP contribution in [0.4, 0.5) is 5.82 Å². The summed E-state index contributed by atoms with van der Waals surface area (Å²) in [7, 11) is 0. The fourth-order valence-corrected chi connectivity index (χ4v) is 4.35. The number of pyridine rings is 2. The van der Waals surface area contributed by atoms with Gasteiger partial charge in [0.1, 0.15) is 17.3 Å². The number of aromatic nitrogens is 4. The van der Waals surface area contributed by atoms with Gasteiger partial charge in [-0.1, -0.05) is 24.3 Å². The minimum atomic E-state index is -0.320. The monoisotopic (exact) mass is 454 g/mol. The van der Waals surface area contributed by atoms with Crippen LogP contribution in [0.3, 0.4) is 0 Å². The molecule has 5 rings (SSSR count). The first-order valence-electron chi connectivity index (χ1n) is 11.5. The van der Waals surface area contributed by atoms with Crippen LogP contribution in [0.2, 0.25) is 0 Å². The maximum atomic E-state index is 13.1. The SMILES string of the molecule is Cc1ccc(NC(=O)c2cccc([C@H]3CCCN3C(=O)CCc3nc4ccccc4[nH]3)n2)nc1. The van der Waals surface area contributed by atoms with Crippen LogP contribution >= 0.6 is 0 Å². The molecule has 8 heteroatoms. The lowest BCUT2D eigenvalue weighted by Gasteiger charge is -2.24. The molecule has 1 aliphatic heterocycles. The molecule has 8 nitrogen and oxygen atoms in total. The highest BCUT2D eigenvalue weighted by Crippen LogP contribution is 2.31. The van der Waals surface area contributed by atoms with Crippen molar-refractivity contribution in [2.45, 2.75) is 38.6 Å². The normalized spacial score (nSPS) is 15.6. The number of nitrogens with zero attached hydrogens (tertiary/aromatic N) is 4. The summed E-state index contributed by atoms with van der Waals surface area (Å²) in [5.41, 5.74) is 3.94. The molecule has 1 atom stereocenters. The fourth-order valence-electron chi connectivity index (χ4n) is 4.35. The molecule has 4 aromatic rings. The van der Waals surface area contributed by atoms with Gasteiger partial charge in [-0.3, -0.25) is 9.59 Å². The molecule has 0 unspecified atom stereocenters. The summed E-state index contributed by atoms with van der Waals surface area (Å²) in [5.74, 6) is 1.04. The maximum Gasteiger partial charge on any atom is 0.275 e. The molecule has 0 spiro atoms. The van der Waals surface area contributed by atoms with Crippen LogP contribution < -0.4 is 5.32 Å². The van der Waals surface area contributed by atoms with Gasteiger partial charge in [0.15, 0.2) is 0 Å². The number of aromatic amines is 1. The molecule has 172 valence electrons. The number of carbonyl (C=O) groups is 2. The van der Waals surface area contributed by atoms with Gasteiger partial charge < -0.3 is 15.2 Å². The highest BCUT2D eigenvalue weighted by molar-refractivity contribution is 6.02. The zero-order chi connectivity index (χ0) is 23.5. The molecule has 3 aromatic heterocycles. The highest BCUT2D eigenvalue weighted by Gasteiger charge is 2.31. The minimum Gasteiger partial charge on any atom is -0.342 e. The fraction of sp³-hybridized carbons (Fsp3) is 0.269. The van der Waals surface area contributed by atoms with Gasteiger partial charge in [-0.25, -0.2) is 15.0 Å². The Morgan fingerprint density at radius 3 is 2.79 bits per heavy atom. The molecule has 0 saturated carbocycles. The number of hydrogen-bond donors (Lipinski definition) is 2. The molecule has 0 radical (unpaired) electrons. The zero-order valence-corrected chi connectivity index (χ0v) is 19.0. The molecule has 2 N–H and O–H groups in total.